The van der Waals surface area contributed by atoms with Crippen LogP contribution < -0.4 is 14.8 Å². The molecule has 0 saturated carbocycles. The first kappa shape index (κ1) is 17.7. The number of rotatable bonds is 6. The lowest BCUT2D eigenvalue weighted by Crippen LogP contribution is -2.39. The van der Waals surface area contributed by atoms with Crippen LogP contribution in [-0.2, 0) is 16.8 Å². The van der Waals surface area contributed by atoms with Crippen molar-refractivity contribution in [1.82, 2.24) is 5.32 Å². The maximum Gasteiger partial charge on any atom is 0.269 e. The number of nitrogens with one attached hydrogen (secondary N) is 1. The number of amides is 1. The predicted octanol–water partition coefficient (Wildman–Crippen LogP) is 1.89. The highest BCUT2D eigenvalue weighted by Crippen LogP contribution is 2.35. The number of benzene rings is 2. The highest BCUT2D eigenvalue weighted by Gasteiger charge is 2.26. The van der Waals surface area contributed by atoms with Gasteiger partial charge in [-0.1, -0.05) is 18.2 Å². The Morgan fingerprint density at radius 2 is 1.92 bits per heavy atom. The number of aliphatic hydroxyl groups is 1. The zero-order chi connectivity index (χ0) is 18.7. The average molecular weight is 358 g/mol. The molecule has 3 rings (SSSR count). The number of fused-ring (bicyclic) bond motifs is 1. The molecule has 2 aromatic carbocycles. The molecule has 2 N–H and O–H groups in total. The van der Waals surface area contributed by atoms with Crippen LogP contribution in [0.25, 0.3) is 0 Å². The molecular formula is C18H18N2O6. The smallest absolute Gasteiger partial charge is 0.269 e. The highest BCUT2D eigenvalue weighted by atomic mass is 16.7. The highest BCUT2D eigenvalue weighted by molar-refractivity contribution is 5.78. The summed E-state index contributed by atoms with van der Waals surface area (Å²) < 4.78 is 10.5. The van der Waals surface area contributed by atoms with Crippen molar-refractivity contribution < 1.29 is 24.3 Å². The number of hydrogen-bond donors (Lipinski definition) is 2. The number of carbonyl (C=O) groups excluding carboxylic acids is 1. The lowest BCUT2D eigenvalue weighted by molar-refractivity contribution is -0.384. The molecule has 1 unspecified atom stereocenters. The van der Waals surface area contributed by atoms with E-state index in [9.17, 15) is 20.0 Å². The normalized spacial score (nSPS) is 14.5. The first-order chi connectivity index (χ1) is 12.3. The van der Waals surface area contributed by atoms with Crippen molar-refractivity contribution in [2.75, 3.05) is 13.3 Å². The van der Waals surface area contributed by atoms with E-state index < -0.39 is 10.5 Å². The van der Waals surface area contributed by atoms with Gasteiger partial charge < -0.3 is 19.9 Å². The molecule has 0 aromatic heterocycles. The molecule has 1 amide bonds. The Kier molecular flexibility index (Phi) is 4.77. The Bertz CT molecular complexity index is 832. The monoisotopic (exact) mass is 358 g/mol. The van der Waals surface area contributed by atoms with Crippen molar-refractivity contribution in [3.8, 4) is 11.5 Å². The van der Waals surface area contributed by atoms with Gasteiger partial charge in [-0.3, -0.25) is 14.9 Å². The summed E-state index contributed by atoms with van der Waals surface area (Å²) in [5.41, 5.74) is -0.0698. The average Bonchev–Trinajstić information content (AvgIpc) is 3.08. The van der Waals surface area contributed by atoms with Crippen LogP contribution >= 0.6 is 0 Å². The summed E-state index contributed by atoms with van der Waals surface area (Å²) in [6, 6.07) is 10.9. The van der Waals surface area contributed by atoms with E-state index in [2.05, 4.69) is 5.32 Å². The molecule has 26 heavy (non-hydrogen) atoms. The van der Waals surface area contributed by atoms with Gasteiger partial charge in [-0.25, -0.2) is 0 Å². The van der Waals surface area contributed by atoms with E-state index >= 15 is 0 Å². The third-order valence-corrected chi connectivity index (χ3v) is 4.14. The molecule has 1 atom stereocenters. The summed E-state index contributed by atoms with van der Waals surface area (Å²) >= 11 is 0. The number of nitro benzene ring substituents is 1. The third kappa shape index (κ3) is 3.92. The predicted molar refractivity (Wildman–Crippen MR) is 91.9 cm³/mol. The zero-order valence-corrected chi connectivity index (χ0v) is 14.1. The van der Waals surface area contributed by atoms with Crippen molar-refractivity contribution >= 4 is 11.6 Å². The van der Waals surface area contributed by atoms with Crippen molar-refractivity contribution in [3.05, 3.63) is 63.7 Å². The van der Waals surface area contributed by atoms with Crippen LogP contribution in [0.1, 0.15) is 18.1 Å². The van der Waals surface area contributed by atoms with Gasteiger partial charge in [0.2, 0.25) is 12.7 Å². The van der Waals surface area contributed by atoms with E-state index in [0.29, 0.717) is 22.6 Å². The molecule has 1 aliphatic heterocycles. The second kappa shape index (κ2) is 7.01. The van der Waals surface area contributed by atoms with E-state index in [0.717, 1.165) is 0 Å². The van der Waals surface area contributed by atoms with Crippen LogP contribution in [0.2, 0.25) is 0 Å². The largest absolute Gasteiger partial charge is 0.454 e. The fraction of sp³-hybridized carbons (Fsp3) is 0.278. The fourth-order valence-corrected chi connectivity index (χ4v) is 2.59. The maximum atomic E-state index is 12.1. The molecule has 8 nitrogen and oxygen atoms in total. The first-order valence-electron chi connectivity index (χ1n) is 7.98. The number of carbonyl (C=O) groups is 1. The van der Waals surface area contributed by atoms with Gasteiger partial charge in [-0.2, -0.15) is 0 Å². The van der Waals surface area contributed by atoms with Crippen LogP contribution in [0.15, 0.2) is 42.5 Å². The summed E-state index contributed by atoms with van der Waals surface area (Å²) in [7, 11) is 0. The van der Waals surface area contributed by atoms with E-state index in [1.807, 2.05) is 0 Å². The maximum absolute atomic E-state index is 12.1. The van der Waals surface area contributed by atoms with Gasteiger partial charge in [-0.15, -0.1) is 0 Å². The molecule has 8 heteroatoms. The number of nitro groups is 1. The fourth-order valence-electron chi connectivity index (χ4n) is 2.59. The molecule has 0 saturated heterocycles. The van der Waals surface area contributed by atoms with Crippen molar-refractivity contribution in [2.24, 2.45) is 0 Å². The number of ether oxygens (including phenoxy) is 2. The van der Waals surface area contributed by atoms with Crippen LogP contribution in [0.3, 0.4) is 0 Å². The molecular weight excluding hydrogens is 340 g/mol. The first-order valence-corrected chi connectivity index (χ1v) is 7.98. The van der Waals surface area contributed by atoms with Crippen LogP contribution in [-0.4, -0.2) is 29.3 Å². The number of nitrogens with zero attached hydrogens (tertiary/aromatic N) is 1. The molecule has 0 fully saturated rings. The Labute approximate surface area is 149 Å². The minimum atomic E-state index is -1.29. The van der Waals surface area contributed by atoms with Gasteiger partial charge in [0, 0.05) is 12.1 Å². The lowest BCUT2D eigenvalue weighted by Gasteiger charge is -2.24. The molecule has 0 radical (unpaired) electrons. The number of hydrogen-bond acceptors (Lipinski definition) is 6. The second-order valence-corrected chi connectivity index (χ2v) is 6.22. The van der Waals surface area contributed by atoms with Crippen molar-refractivity contribution in [1.29, 1.82) is 0 Å². The van der Waals surface area contributed by atoms with E-state index in [1.54, 1.807) is 25.1 Å². The Morgan fingerprint density at radius 1 is 1.23 bits per heavy atom. The van der Waals surface area contributed by atoms with E-state index in [-0.39, 0.29) is 31.4 Å². The summed E-state index contributed by atoms with van der Waals surface area (Å²) in [6.07, 6.45) is 0.0647. The minimum Gasteiger partial charge on any atom is -0.454 e. The third-order valence-electron chi connectivity index (χ3n) is 4.14. The van der Waals surface area contributed by atoms with E-state index in [1.165, 1.54) is 24.3 Å². The van der Waals surface area contributed by atoms with Crippen LogP contribution in [0.4, 0.5) is 5.69 Å². The summed E-state index contributed by atoms with van der Waals surface area (Å²) in [5, 5.41) is 24.0. The minimum absolute atomic E-state index is 0.0124. The molecule has 1 heterocycles. The van der Waals surface area contributed by atoms with Gasteiger partial charge in [-0.05, 0) is 30.2 Å². The van der Waals surface area contributed by atoms with Gasteiger partial charge in [0.05, 0.1) is 17.9 Å². The van der Waals surface area contributed by atoms with Crippen LogP contribution in [0.5, 0.6) is 11.5 Å². The molecule has 2 aromatic rings. The second-order valence-electron chi connectivity index (χ2n) is 6.22. The van der Waals surface area contributed by atoms with E-state index in [4.69, 9.17) is 9.47 Å². The molecule has 0 aliphatic carbocycles. The molecule has 1 aliphatic rings. The van der Waals surface area contributed by atoms with Gasteiger partial charge in [0.15, 0.2) is 11.5 Å². The molecule has 0 bridgehead atoms. The lowest BCUT2D eigenvalue weighted by atomic mass is 9.95. The molecule has 136 valence electrons. The Balaban J connectivity index is 1.58. The van der Waals surface area contributed by atoms with Gasteiger partial charge in [0.1, 0.15) is 5.60 Å². The quantitative estimate of drug-likeness (QED) is 0.603. The topological polar surface area (TPSA) is 111 Å². The summed E-state index contributed by atoms with van der Waals surface area (Å²) in [4.78, 5) is 22.2. The Hall–Kier alpha value is -3.13. The standard InChI is InChI=1S/C18H18N2O6/c1-18(22,13-4-7-15-16(9-13)26-11-25-15)10-19-17(21)8-12-2-5-14(6-3-12)20(23)24/h2-7,9,22H,8,10-11H2,1H3,(H,19,21). The summed E-state index contributed by atoms with van der Waals surface area (Å²) in [5.74, 6) is 0.881. The van der Waals surface area contributed by atoms with Crippen LogP contribution in [0, 0.1) is 10.1 Å². The van der Waals surface area contributed by atoms with Crippen molar-refractivity contribution in [3.63, 3.8) is 0 Å². The van der Waals surface area contributed by atoms with Crippen molar-refractivity contribution in [2.45, 2.75) is 18.9 Å². The number of non-ortho nitro benzene ring substituents is 1. The SMILES string of the molecule is CC(O)(CNC(=O)Cc1ccc([N+](=O)[O-])cc1)c1ccc2c(c1)OCO2. The van der Waals surface area contributed by atoms with Gasteiger partial charge >= 0.3 is 0 Å². The summed E-state index contributed by atoms with van der Waals surface area (Å²) in [6.45, 7) is 1.75. The molecule has 0 spiro atoms. The Morgan fingerprint density at radius 3 is 2.62 bits per heavy atom. The van der Waals surface area contributed by atoms with Gasteiger partial charge in [0.25, 0.3) is 5.69 Å². The zero-order valence-electron chi connectivity index (χ0n) is 14.1.